The highest BCUT2D eigenvalue weighted by Gasteiger charge is 2.29. The van der Waals surface area contributed by atoms with E-state index in [0.29, 0.717) is 0 Å². The van der Waals surface area contributed by atoms with Crippen molar-refractivity contribution in [3.63, 3.8) is 0 Å². The van der Waals surface area contributed by atoms with Gasteiger partial charge in [-0.15, -0.1) is 0 Å². The number of nitrogens with one attached hydrogen (secondary N) is 1. The Bertz CT molecular complexity index is 1030. The zero-order valence-corrected chi connectivity index (χ0v) is 16.7. The van der Waals surface area contributed by atoms with Gasteiger partial charge in [0.25, 0.3) is 0 Å². The summed E-state index contributed by atoms with van der Waals surface area (Å²) in [6, 6.07) is 22.7. The van der Waals surface area contributed by atoms with Crippen molar-refractivity contribution in [2.45, 2.75) is 25.3 Å². The summed E-state index contributed by atoms with van der Waals surface area (Å²) in [6.45, 7) is 2.12. The van der Waals surface area contributed by atoms with Crippen molar-refractivity contribution in [1.82, 2.24) is 5.32 Å². The van der Waals surface area contributed by atoms with E-state index in [1.165, 1.54) is 0 Å². The fourth-order valence-electron chi connectivity index (χ4n) is 3.94. The number of hydrogen-bond acceptors (Lipinski definition) is 3. The van der Waals surface area contributed by atoms with Gasteiger partial charge in [-0.2, -0.15) is 0 Å². The molecule has 0 aromatic heterocycles. The van der Waals surface area contributed by atoms with Gasteiger partial charge in [0.05, 0.1) is 0 Å². The number of aliphatic carboxylic acids is 1. The van der Waals surface area contributed by atoms with Crippen LogP contribution in [0.2, 0.25) is 0 Å². The molecule has 1 aliphatic carbocycles. The maximum atomic E-state index is 12.4. The van der Waals surface area contributed by atoms with Crippen molar-refractivity contribution in [2.75, 3.05) is 6.61 Å². The van der Waals surface area contributed by atoms with Gasteiger partial charge in [-0.1, -0.05) is 78.4 Å². The minimum atomic E-state index is -1.09. The van der Waals surface area contributed by atoms with Crippen LogP contribution in [0.5, 0.6) is 0 Å². The van der Waals surface area contributed by atoms with E-state index < -0.39 is 18.1 Å². The largest absolute Gasteiger partial charge is 0.480 e. The van der Waals surface area contributed by atoms with Crippen LogP contribution in [0.25, 0.3) is 11.1 Å². The standard InChI is InChI=1S/C25H23NO4/c1-16-10-12-17(13-11-16)14-23(24(27)28)26-25(29)30-15-22-20-8-4-2-6-18(20)19-7-3-5-9-21(19)22/h2-13,22-23H,14-15H2,1H3,(H,26,29)(H,27,28). The Morgan fingerprint density at radius 1 is 0.933 bits per heavy atom. The van der Waals surface area contributed by atoms with Crippen molar-refractivity contribution < 1.29 is 19.4 Å². The molecule has 0 saturated heterocycles. The first-order chi connectivity index (χ1) is 14.5. The van der Waals surface area contributed by atoms with Crippen LogP contribution in [0.15, 0.2) is 72.8 Å². The number of hydrogen-bond donors (Lipinski definition) is 2. The van der Waals surface area contributed by atoms with Gasteiger partial charge >= 0.3 is 12.1 Å². The zero-order valence-electron chi connectivity index (χ0n) is 16.7. The Morgan fingerprint density at radius 3 is 2.07 bits per heavy atom. The molecule has 1 atom stereocenters. The molecule has 3 aromatic rings. The molecule has 3 aromatic carbocycles. The van der Waals surface area contributed by atoms with Gasteiger partial charge < -0.3 is 15.2 Å². The molecule has 5 nitrogen and oxygen atoms in total. The van der Waals surface area contributed by atoms with E-state index in [1.54, 1.807) is 0 Å². The van der Waals surface area contributed by atoms with Crippen molar-refractivity contribution in [3.05, 3.63) is 95.1 Å². The van der Waals surface area contributed by atoms with Crippen molar-refractivity contribution in [1.29, 1.82) is 0 Å². The van der Waals surface area contributed by atoms with Crippen LogP contribution in [-0.2, 0) is 16.0 Å². The third-order valence-electron chi connectivity index (χ3n) is 5.49. The Hall–Kier alpha value is -3.60. The minimum absolute atomic E-state index is 0.0662. The molecular weight excluding hydrogens is 378 g/mol. The van der Waals surface area contributed by atoms with Gasteiger partial charge in [-0.05, 0) is 34.7 Å². The fraction of sp³-hybridized carbons (Fsp3) is 0.200. The highest BCUT2D eigenvalue weighted by atomic mass is 16.5. The second-order valence-electron chi connectivity index (χ2n) is 7.55. The van der Waals surface area contributed by atoms with Crippen LogP contribution < -0.4 is 5.32 Å². The molecule has 30 heavy (non-hydrogen) atoms. The number of carboxylic acids is 1. The number of alkyl carbamates (subject to hydrolysis) is 1. The molecule has 2 N–H and O–H groups in total. The predicted octanol–water partition coefficient (Wildman–Crippen LogP) is 4.53. The zero-order chi connectivity index (χ0) is 21.1. The van der Waals surface area contributed by atoms with Crippen molar-refractivity contribution >= 4 is 12.1 Å². The van der Waals surface area contributed by atoms with E-state index in [-0.39, 0.29) is 18.9 Å². The van der Waals surface area contributed by atoms with E-state index in [0.717, 1.165) is 33.4 Å². The van der Waals surface area contributed by atoms with Gasteiger partial charge in [-0.3, -0.25) is 0 Å². The van der Waals surface area contributed by atoms with Crippen LogP contribution in [0, 0.1) is 6.92 Å². The second kappa shape index (κ2) is 8.41. The van der Waals surface area contributed by atoms with Gasteiger partial charge in [0.1, 0.15) is 12.6 Å². The lowest BCUT2D eigenvalue weighted by molar-refractivity contribution is -0.139. The summed E-state index contributed by atoms with van der Waals surface area (Å²) < 4.78 is 5.46. The molecule has 0 fully saturated rings. The van der Waals surface area contributed by atoms with Crippen molar-refractivity contribution in [2.24, 2.45) is 0 Å². The highest BCUT2D eigenvalue weighted by Crippen LogP contribution is 2.44. The van der Waals surface area contributed by atoms with E-state index in [4.69, 9.17) is 4.74 Å². The molecular formula is C25H23NO4. The van der Waals surface area contributed by atoms with E-state index in [9.17, 15) is 14.7 Å². The SMILES string of the molecule is Cc1ccc(CC(NC(=O)OCC2c3ccccc3-c3ccccc32)C(=O)O)cc1. The van der Waals surface area contributed by atoms with Gasteiger partial charge in [0.2, 0.25) is 0 Å². The number of carbonyl (C=O) groups is 2. The lowest BCUT2D eigenvalue weighted by Gasteiger charge is -2.17. The number of benzene rings is 3. The normalized spacial score (nSPS) is 13.2. The van der Waals surface area contributed by atoms with Gasteiger partial charge in [0, 0.05) is 12.3 Å². The van der Waals surface area contributed by atoms with Crippen LogP contribution in [0.1, 0.15) is 28.2 Å². The third-order valence-corrected chi connectivity index (χ3v) is 5.49. The van der Waals surface area contributed by atoms with Crippen LogP contribution in [0.4, 0.5) is 4.79 Å². The summed E-state index contributed by atoms with van der Waals surface area (Å²) in [5, 5.41) is 12.0. The number of carboxylic acid groups (broad SMARTS) is 1. The number of fused-ring (bicyclic) bond motifs is 3. The Kier molecular flexibility index (Phi) is 5.53. The summed E-state index contributed by atoms with van der Waals surface area (Å²) in [4.78, 5) is 24.0. The molecule has 4 rings (SSSR count). The third kappa shape index (κ3) is 4.06. The number of amides is 1. The molecule has 0 spiro atoms. The number of rotatable bonds is 6. The lowest BCUT2D eigenvalue weighted by atomic mass is 9.98. The predicted molar refractivity (Wildman–Crippen MR) is 115 cm³/mol. The summed E-state index contributed by atoms with van der Waals surface area (Å²) in [7, 11) is 0. The lowest BCUT2D eigenvalue weighted by Crippen LogP contribution is -2.42. The first-order valence-corrected chi connectivity index (χ1v) is 9.93. The molecule has 0 heterocycles. The van der Waals surface area contributed by atoms with Crippen LogP contribution in [-0.4, -0.2) is 29.8 Å². The summed E-state index contributed by atoms with van der Waals surface area (Å²) >= 11 is 0. The Balaban J connectivity index is 1.43. The average molecular weight is 401 g/mol. The smallest absolute Gasteiger partial charge is 0.407 e. The van der Waals surface area contributed by atoms with Gasteiger partial charge in [0.15, 0.2) is 0 Å². The first kappa shape index (κ1) is 19.7. The van der Waals surface area contributed by atoms with E-state index >= 15 is 0 Å². The molecule has 1 unspecified atom stereocenters. The fourth-order valence-corrected chi connectivity index (χ4v) is 3.94. The highest BCUT2D eigenvalue weighted by molar-refractivity contribution is 5.81. The number of ether oxygens (including phenoxy) is 1. The number of carbonyl (C=O) groups excluding carboxylic acids is 1. The monoisotopic (exact) mass is 401 g/mol. The minimum Gasteiger partial charge on any atom is -0.480 e. The van der Waals surface area contributed by atoms with E-state index in [2.05, 4.69) is 17.4 Å². The molecule has 0 radical (unpaired) electrons. The molecule has 1 amide bonds. The molecule has 0 saturated carbocycles. The van der Waals surface area contributed by atoms with Crippen molar-refractivity contribution in [3.8, 4) is 11.1 Å². The van der Waals surface area contributed by atoms with E-state index in [1.807, 2.05) is 67.6 Å². The second-order valence-corrected chi connectivity index (χ2v) is 7.55. The molecule has 5 heteroatoms. The van der Waals surface area contributed by atoms with Crippen LogP contribution >= 0.6 is 0 Å². The Morgan fingerprint density at radius 2 is 1.50 bits per heavy atom. The average Bonchev–Trinajstić information content (AvgIpc) is 3.07. The summed E-state index contributed by atoms with van der Waals surface area (Å²) in [5.74, 6) is -1.16. The Labute approximate surface area is 175 Å². The first-order valence-electron chi connectivity index (χ1n) is 9.93. The molecule has 0 bridgehead atoms. The molecule has 1 aliphatic rings. The molecule has 152 valence electrons. The summed E-state index contributed by atoms with van der Waals surface area (Å²) in [6.07, 6.45) is -0.531. The topological polar surface area (TPSA) is 75.6 Å². The maximum Gasteiger partial charge on any atom is 0.407 e. The van der Waals surface area contributed by atoms with Crippen LogP contribution in [0.3, 0.4) is 0 Å². The maximum absolute atomic E-state index is 12.4. The molecule has 0 aliphatic heterocycles. The quantitative estimate of drug-likeness (QED) is 0.636. The number of aryl methyl sites for hydroxylation is 1. The van der Waals surface area contributed by atoms with Gasteiger partial charge in [-0.25, -0.2) is 9.59 Å². The summed E-state index contributed by atoms with van der Waals surface area (Å²) in [5.41, 5.74) is 6.44.